The van der Waals surface area contributed by atoms with Gasteiger partial charge in [-0.05, 0) is 164 Å². The summed E-state index contributed by atoms with van der Waals surface area (Å²) >= 11 is 0. The van der Waals surface area contributed by atoms with Gasteiger partial charge in [-0.15, -0.1) is 0 Å². The molecule has 0 spiro atoms. The van der Waals surface area contributed by atoms with Crippen molar-refractivity contribution >= 4 is 87.7 Å². The van der Waals surface area contributed by atoms with Gasteiger partial charge >= 0.3 is 90.0 Å². The highest BCUT2D eigenvalue weighted by molar-refractivity contribution is 7.87. The largest absolute Gasteiger partial charge is 0.465 e. The van der Waals surface area contributed by atoms with Crippen LogP contribution in [0, 0.1) is 52.8 Å². The number of esters is 13. The van der Waals surface area contributed by atoms with Crippen LogP contribution in [0.2, 0.25) is 0 Å². The third-order valence-corrected chi connectivity index (χ3v) is 26.3. The minimum Gasteiger partial charge on any atom is -0.465 e. The number of alkyl halides is 6. The SMILES string of the molecule is C=C(C)C(=O)OC(C(F)(F)F)C(F)(F)F.C=C(C)C(=O)OC(C)C1(C)CCOC1=O.C=C(C)C(=O)OC12CC3CC(CC(O)(C3)C1)C2.C=C(C)C(=O)OC12CC3CC(O)(CC(O)(C3)C1)C2.C=C(C)C(=O)OC1C2CC3C(=O)OC1C3C2.C=C(C)C(=O)OC1CCOC1=O.C=C(C)C(=O)OC1COC(=O)C1.C=C(C)C(=O)OCC(=O)OC1C2CC3C1OS(=O)(=O)C3C2. The Morgan fingerprint density at radius 1 is 0.500 bits per heavy atom. The third-order valence-electron chi connectivity index (χ3n) is 24.6. The maximum Gasteiger partial charge on any atom is 0.434 e. The lowest BCUT2D eigenvalue weighted by Gasteiger charge is -2.62. The molecule has 0 aromatic rings. The fraction of sp³-hybridized carbons (Fsp3) is 0.667. The molecule has 18 unspecified atom stereocenters. The molecule has 5 aliphatic heterocycles. The van der Waals surface area contributed by atoms with Crippen LogP contribution >= 0.6 is 0 Å². The molecule has 5 heterocycles. The van der Waals surface area contributed by atoms with Gasteiger partial charge in [0.2, 0.25) is 6.10 Å². The monoisotopic (exact) mass is 1810 g/mol. The van der Waals surface area contributed by atoms with Gasteiger partial charge in [0.25, 0.3) is 16.2 Å². The van der Waals surface area contributed by atoms with Crippen molar-refractivity contribution in [1.82, 2.24) is 0 Å². The van der Waals surface area contributed by atoms with Crippen LogP contribution in [0.15, 0.2) is 97.2 Å². The molecule has 18 atom stereocenters. The van der Waals surface area contributed by atoms with Crippen LogP contribution in [-0.2, 0) is 138 Å². The van der Waals surface area contributed by atoms with Crippen molar-refractivity contribution in [3.8, 4) is 0 Å². The molecule has 17 rings (SSSR count). The van der Waals surface area contributed by atoms with Crippen LogP contribution in [0.4, 0.5) is 26.3 Å². The summed E-state index contributed by atoms with van der Waals surface area (Å²) in [6, 6.07) is 0. The van der Waals surface area contributed by atoms with Gasteiger partial charge < -0.3 is 76.9 Å². The minimum atomic E-state index is -5.69. The zero-order chi connectivity index (χ0) is 94.6. The van der Waals surface area contributed by atoms with Gasteiger partial charge in [0.15, 0.2) is 6.61 Å². The zero-order valence-electron chi connectivity index (χ0n) is 72.1. The molecule has 0 radical (unpaired) electrons. The van der Waals surface area contributed by atoms with Crippen molar-refractivity contribution in [1.29, 1.82) is 0 Å². The summed E-state index contributed by atoms with van der Waals surface area (Å²) in [6.45, 7) is 43.1. The van der Waals surface area contributed by atoms with E-state index in [1.807, 2.05) is 0 Å². The molecule has 32 nitrogen and oxygen atoms in total. The average molecular weight is 1820 g/mol. The van der Waals surface area contributed by atoms with E-state index in [1.165, 1.54) is 20.3 Å². The third kappa shape index (κ3) is 25.2. The summed E-state index contributed by atoms with van der Waals surface area (Å²) in [6.07, 6.45) is -5.59. The van der Waals surface area contributed by atoms with Gasteiger partial charge in [-0.3, -0.25) is 18.6 Å². The van der Waals surface area contributed by atoms with Gasteiger partial charge in [-0.1, -0.05) is 52.6 Å². The lowest BCUT2D eigenvalue weighted by molar-refractivity contribution is -0.312. The lowest BCUT2D eigenvalue weighted by atomic mass is 9.50. The van der Waals surface area contributed by atoms with E-state index in [0.29, 0.717) is 110 Å². The second kappa shape index (κ2) is 39.6. The number of carbonyl (C=O) groups is 13. The summed E-state index contributed by atoms with van der Waals surface area (Å²) < 4.78 is 163. The maximum absolute atomic E-state index is 11.8. The van der Waals surface area contributed by atoms with E-state index < -0.39 is 158 Å². The quantitative estimate of drug-likeness (QED) is 0.0356. The van der Waals surface area contributed by atoms with Gasteiger partial charge in [0.1, 0.15) is 59.8 Å². The Kier molecular flexibility index (Phi) is 32.0. The van der Waals surface area contributed by atoms with Crippen molar-refractivity contribution in [2.45, 2.75) is 286 Å². The van der Waals surface area contributed by atoms with E-state index in [-0.39, 0.29) is 95.8 Å². The summed E-state index contributed by atoms with van der Waals surface area (Å²) in [5.74, 6) is -4.98. The summed E-state index contributed by atoms with van der Waals surface area (Å²) in [4.78, 5) is 146. The van der Waals surface area contributed by atoms with Crippen molar-refractivity contribution in [2.75, 3.05) is 26.4 Å². The molecule has 0 aromatic heterocycles. The van der Waals surface area contributed by atoms with Gasteiger partial charge in [-0.2, -0.15) is 34.8 Å². The van der Waals surface area contributed by atoms with Crippen LogP contribution in [0.3, 0.4) is 0 Å². The second-order valence-corrected chi connectivity index (χ2v) is 38.1. The van der Waals surface area contributed by atoms with E-state index in [4.69, 9.17) is 51.6 Å². The highest BCUT2D eigenvalue weighted by Crippen LogP contribution is 2.62. The van der Waals surface area contributed by atoms with Gasteiger partial charge in [0.05, 0.1) is 47.6 Å². The number of halogens is 6. The van der Waals surface area contributed by atoms with Crippen molar-refractivity contribution < 1.29 is 178 Å². The number of aliphatic hydroxyl groups is 3. The Morgan fingerprint density at radius 2 is 0.968 bits per heavy atom. The highest BCUT2D eigenvalue weighted by atomic mass is 32.2. The molecular formula is C87H112F6O32S. The number of cyclic esters (lactones) is 3. The van der Waals surface area contributed by atoms with Crippen LogP contribution in [-0.4, -0.2) is 222 Å². The molecule has 0 amide bonds. The average Bonchev–Trinajstić information content (AvgIpc) is 1.61. The van der Waals surface area contributed by atoms with Crippen molar-refractivity contribution in [3.05, 3.63) is 97.2 Å². The van der Waals surface area contributed by atoms with Crippen LogP contribution in [0.5, 0.6) is 0 Å². The molecule has 3 N–H and O–H groups in total. The first-order chi connectivity index (χ1) is 58.0. The Balaban J connectivity index is 0.000000179. The summed E-state index contributed by atoms with van der Waals surface area (Å²) in [7, 11) is -3.53. The van der Waals surface area contributed by atoms with Crippen molar-refractivity contribution in [3.63, 3.8) is 0 Å². The van der Waals surface area contributed by atoms with Gasteiger partial charge in [0, 0.05) is 107 Å². The molecular weight excluding hydrogens is 1700 g/mol. The summed E-state index contributed by atoms with van der Waals surface area (Å²) in [5, 5.41) is 31.1. The first-order valence-electron chi connectivity index (χ1n) is 41.1. The maximum atomic E-state index is 11.8. The van der Waals surface area contributed by atoms with E-state index in [0.717, 1.165) is 64.7 Å². The first kappa shape index (κ1) is 102. The smallest absolute Gasteiger partial charge is 0.434 e. The summed E-state index contributed by atoms with van der Waals surface area (Å²) in [5.41, 5.74) is -2.28. The lowest BCUT2D eigenvalue weighted by Crippen LogP contribution is -2.66. The molecule has 12 saturated carbocycles. The normalized spacial score (nSPS) is 34.1. The van der Waals surface area contributed by atoms with E-state index in [9.17, 15) is 112 Å². The van der Waals surface area contributed by atoms with Crippen molar-refractivity contribution in [2.24, 2.45) is 52.8 Å². The molecule has 700 valence electrons. The molecule has 12 bridgehead atoms. The molecule has 12 aliphatic carbocycles. The first-order valence-corrected chi connectivity index (χ1v) is 42.6. The molecule has 17 fully saturated rings. The molecule has 126 heavy (non-hydrogen) atoms. The topological polar surface area (TPSA) is 446 Å². The van der Waals surface area contributed by atoms with Crippen LogP contribution in [0.25, 0.3) is 0 Å². The number of ether oxygens (including phenoxy) is 13. The number of fused-ring (bicyclic) bond motifs is 2. The van der Waals surface area contributed by atoms with E-state index in [1.54, 1.807) is 48.5 Å². The molecule has 17 aliphatic rings. The standard InChI is InChI=1S/C14H20O4.C14H20O3.C13H16O7S.C12H14O4.C11H16O4.2C8H10O4.C7H6F6O2/c1-9(2)11(15)18-14-5-10-3-12(16,7-14)6-13(17,4-10)8-14;1-9(2)12(15)17-14-6-10-3-11(7-14)5-13(16,4-10)8-14;1-6(2)13(15)18-5-10(14)19-11-7-3-8-9(4-7)21(16,17)20-12(8)11;1-5(2)11(13)15-9-6-3-7-8(4-6)12(14)16-10(7)9;1-7(2)9(12)15-8(3)11(4)5-6-14-10(11)13;1-5(2)8(10)12-6-3-7(9)11-4-6;1-5(2)7(9)12-6-3-4-11-8(6)10;1-3(2)4(14)15-5(6(8,9)10)7(11,12)13/h10,16-17H,1,3-8H2,2H3;10-11,16H,1,3-8H2,2H3;7-9,11-12H,1,3-5H2,2H3;6-10H,1,3-4H2,2H3;8H,1,5-6H2,2-4H3;2*6H,1,3-4H2,2H3;5H,1H2,2H3. The van der Waals surface area contributed by atoms with E-state index >= 15 is 0 Å². The fourth-order valence-corrected chi connectivity index (χ4v) is 21.4. The second-order valence-electron chi connectivity index (χ2n) is 36.3. The number of hydrogen-bond donors (Lipinski definition) is 3. The zero-order valence-corrected chi connectivity index (χ0v) is 72.9. The Morgan fingerprint density at radius 3 is 1.44 bits per heavy atom. The predicted octanol–water partition coefficient (Wildman–Crippen LogP) is 9.59. The molecule has 39 heteroatoms. The number of hydrogen-bond acceptors (Lipinski definition) is 32. The fourth-order valence-electron chi connectivity index (χ4n) is 19.5. The predicted molar refractivity (Wildman–Crippen MR) is 423 cm³/mol. The Hall–Kier alpha value is -9.60. The minimum absolute atomic E-state index is 0.00284. The van der Waals surface area contributed by atoms with E-state index in [2.05, 4.69) is 66.8 Å². The Labute approximate surface area is 724 Å². The molecule has 5 saturated heterocycles. The number of rotatable bonds is 19. The Bertz CT molecular complexity index is 4460. The number of carbonyl (C=O) groups excluding carboxylic acids is 13. The highest BCUT2D eigenvalue weighted by Gasteiger charge is 2.68. The van der Waals surface area contributed by atoms with Gasteiger partial charge in [-0.25, -0.2) is 47.9 Å². The van der Waals surface area contributed by atoms with Crippen LogP contribution in [0.1, 0.15) is 191 Å². The molecule has 0 aromatic carbocycles. The van der Waals surface area contributed by atoms with Crippen LogP contribution < -0.4 is 0 Å².